The number of nitroso groups, excluding NO2 is 1. The lowest BCUT2D eigenvalue weighted by Crippen LogP contribution is -2.62. The fourth-order valence-corrected chi connectivity index (χ4v) is 12.5. The Morgan fingerprint density at radius 2 is 0.989 bits per heavy atom. The Kier molecular flexibility index (Phi) is 32.9. The quantitative estimate of drug-likeness (QED) is 0.156. The Morgan fingerprint density at radius 3 is 1.47 bits per heavy atom. The van der Waals surface area contributed by atoms with E-state index in [-0.39, 0.29) is 74.4 Å². The number of hydrogen-bond acceptors (Lipinski definition) is 14. The van der Waals surface area contributed by atoms with Crippen LogP contribution >= 0.6 is 0 Å². The van der Waals surface area contributed by atoms with E-state index in [1.54, 1.807) is 41.5 Å². The van der Waals surface area contributed by atoms with Crippen LogP contribution in [0.5, 0.6) is 0 Å². The number of nitrogens with one attached hydrogen (secondary N) is 1. The molecule has 0 spiro atoms. The lowest BCUT2D eigenvalue weighted by Gasteiger charge is -2.41. The van der Waals surface area contributed by atoms with Crippen LogP contribution in [0.2, 0.25) is 0 Å². The summed E-state index contributed by atoms with van der Waals surface area (Å²) in [7, 11) is 10.3. The van der Waals surface area contributed by atoms with Crippen molar-refractivity contribution < 1.29 is 62.8 Å². The van der Waals surface area contributed by atoms with Crippen molar-refractivity contribution in [3.8, 4) is 0 Å². The fraction of sp³-hybridized carbons (Fsp3) is 0.851. The van der Waals surface area contributed by atoms with E-state index in [0.717, 1.165) is 12.8 Å². The van der Waals surface area contributed by atoms with E-state index < -0.39 is 149 Å². The Labute approximate surface area is 540 Å². The zero-order valence-electron chi connectivity index (χ0n) is 59.7. The third kappa shape index (κ3) is 22.1. The number of aliphatic hydroxyl groups excluding tert-OH is 1. The molecule has 1 unspecified atom stereocenters. The first-order chi connectivity index (χ1) is 41.7. The molecule has 2 saturated heterocycles. The number of hydrazine groups is 1. The van der Waals surface area contributed by atoms with Gasteiger partial charge in [0.1, 0.15) is 29.0 Å². The highest BCUT2D eigenvalue weighted by molar-refractivity contribution is 5.99. The molecule has 23 nitrogen and oxygen atoms in total. The summed E-state index contributed by atoms with van der Waals surface area (Å²) in [6.45, 7) is 32.0. The van der Waals surface area contributed by atoms with E-state index in [1.165, 1.54) is 90.7 Å². The molecule has 13 atom stereocenters. The molecule has 2 fully saturated rings. The largest absolute Gasteiger partial charge is 0.390 e. The summed E-state index contributed by atoms with van der Waals surface area (Å²) in [5.74, 6) is -10.4. The van der Waals surface area contributed by atoms with Gasteiger partial charge in [-0.15, -0.1) is 5.01 Å². The topological polar surface area (TPSA) is 258 Å². The molecule has 0 aromatic heterocycles. The van der Waals surface area contributed by atoms with Crippen molar-refractivity contribution in [2.45, 2.75) is 243 Å². The van der Waals surface area contributed by atoms with Crippen LogP contribution < -0.4 is 5.32 Å². The van der Waals surface area contributed by atoms with E-state index >= 15 is 19.2 Å². The van der Waals surface area contributed by atoms with Gasteiger partial charge in [0.05, 0.1) is 36.7 Å². The predicted octanol–water partition coefficient (Wildman–Crippen LogP) is 6.51. The highest BCUT2D eigenvalue weighted by Crippen LogP contribution is 2.30. The number of hydroxylamine groups is 2. The minimum absolute atomic E-state index is 0.0736. The lowest BCUT2D eigenvalue weighted by atomic mass is 9.84. The number of amides is 7. The number of likely N-dealkylation sites (N-methyl/N-ethyl adjacent to an activating group) is 7. The van der Waals surface area contributed by atoms with Gasteiger partial charge in [0.2, 0.25) is 35.4 Å². The molecule has 23 heteroatoms. The van der Waals surface area contributed by atoms with E-state index in [4.69, 9.17) is 4.84 Å². The molecule has 0 bridgehead atoms. The van der Waals surface area contributed by atoms with Gasteiger partial charge in [-0.25, -0.2) is 0 Å². The number of ketones is 3. The summed E-state index contributed by atoms with van der Waals surface area (Å²) in [5, 5.41) is 18.2. The average Bonchev–Trinajstić information content (AvgIpc) is 0.906. The Hall–Kier alpha value is -5.42. The SMILES string of the molecule is CC[C@H]1CC(=O)[C@@H]([C@H](O)[C@H](C)CCN2CCCCO2)N(C)C(=O)[C@@H](C(C)C)N(C)C(=O)[C@@H](CC(C)C)N(C)C(=O)[C@@H](CC(C)C)N(C)[N+](=O)[C@H](C)NC(=O)[C@@H](C)CC(=O)C(CC(C)C)N(C)C(=O)[C@@H](C(C)C)CC(=O)[C@H](CC(C)C)N(C)C(=O)[C@@H](C)N(C)C1=O. The van der Waals surface area contributed by atoms with Crippen molar-refractivity contribution in [1.29, 1.82) is 0 Å². The molecule has 0 radical (unpaired) electrons. The van der Waals surface area contributed by atoms with E-state index in [0.29, 0.717) is 31.0 Å². The van der Waals surface area contributed by atoms with Gasteiger partial charge < -0.3 is 34.5 Å². The van der Waals surface area contributed by atoms with Crippen LogP contribution in [0.4, 0.5) is 0 Å². The monoisotopic (exact) mass is 1270 g/mol. The first-order valence-corrected chi connectivity index (χ1v) is 33.4. The van der Waals surface area contributed by atoms with Gasteiger partial charge in [-0.2, -0.15) is 5.06 Å². The van der Waals surface area contributed by atoms with Crippen LogP contribution in [0, 0.1) is 64.1 Å². The highest BCUT2D eigenvalue weighted by atomic mass is 16.7. The van der Waals surface area contributed by atoms with E-state index in [9.17, 15) is 38.8 Å². The second kappa shape index (κ2) is 36.7. The Bertz CT molecular complexity index is 2430. The molecule has 7 amide bonds. The van der Waals surface area contributed by atoms with Gasteiger partial charge in [0, 0.05) is 99.3 Å². The first kappa shape index (κ1) is 80.7. The summed E-state index contributed by atoms with van der Waals surface area (Å²) in [6, 6.07) is -8.22. The van der Waals surface area contributed by atoms with Gasteiger partial charge >= 0.3 is 6.17 Å². The molecule has 0 saturated carbocycles. The lowest BCUT2D eigenvalue weighted by molar-refractivity contribution is -0.734. The molecule has 0 aliphatic carbocycles. The summed E-state index contributed by atoms with van der Waals surface area (Å²) in [5.41, 5.74) is 0. The van der Waals surface area contributed by atoms with Gasteiger partial charge in [0.25, 0.3) is 5.91 Å². The van der Waals surface area contributed by atoms with Crippen LogP contribution in [0.25, 0.3) is 0 Å². The molecule has 2 rings (SSSR count). The number of carbonyl (C=O) groups excluding carboxylic acids is 10. The average molecular weight is 1270 g/mol. The molecule has 2 N–H and O–H groups in total. The third-order valence-corrected chi connectivity index (χ3v) is 18.6. The van der Waals surface area contributed by atoms with Crippen molar-refractivity contribution in [2.75, 3.05) is 69.0 Å². The van der Waals surface area contributed by atoms with Crippen molar-refractivity contribution in [3.05, 3.63) is 4.91 Å². The van der Waals surface area contributed by atoms with Crippen LogP contribution in [-0.2, 0) is 52.8 Å². The van der Waals surface area contributed by atoms with Gasteiger partial charge in [-0.05, 0) is 99.7 Å². The van der Waals surface area contributed by atoms with Crippen LogP contribution in [0.3, 0.4) is 0 Å². The second-order valence-electron chi connectivity index (χ2n) is 28.7. The van der Waals surface area contributed by atoms with Crippen LogP contribution in [-0.4, -0.2) is 232 Å². The predicted molar refractivity (Wildman–Crippen MR) is 347 cm³/mol. The van der Waals surface area contributed by atoms with Gasteiger partial charge in [0.15, 0.2) is 23.4 Å². The van der Waals surface area contributed by atoms with Crippen molar-refractivity contribution >= 4 is 58.7 Å². The maximum Gasteiger partial charge on any atom is 0.305 e. The second-order valence-corrected chi connectivity index (χ2v) is 28.7. The first-order valence-electron chi connectivity index (χ1n) is 33.4. The molecule has 90 heavy (non-hydrogen) atoms. The number of carbonyl (C=O) groups is 10. The molecule has 2 aliphatic rings. The summed E-state index contributed by atoms with van der Waals surface area (Å²) in [4.78, 5) is 177. The standard InChI is InChI=1S/C67H120N10O13/c1-25-49-37-57(80)59(60(81)45(14)28-30-76-29-26-27-31-90-76)74(23)67(88)58(44(12)13)73(22)65(86)53(34-41(6)7)72(21)66(87)54(35-42(8)9)75(24)77(89)48(17)68-61(82)46(15)36-55(78)51(32-39(2)3)71(20)64(85)50(43(10)11)38-56(79)52(33-40(4)5)70(19)62(83)47(16)69(18)63(49)84/h39-54,58-60,81H,25-38H2,1-24H3/p+1/t45-,46+,47-,48-,49+,50-,51?,52+,53-,54-,58-,59+,60-/m1/s1. The van der Waals surface area contributed by atoms with E-state index in [2.05, 4.69) is 5.32 Å². The molecular weight excluding hydrogens is 1150 g/mol. The van der Waals surface area contributed by atoms with Crippen LogP contribution in [0.15, 0.2) is 0 Å². The third-order valence-electron chi connectivity index (χ3n) is 18.6. The van der Waals surface area contributed by atoms with Crippen LogP contribution in [0.1, 0.15) is 188 Å². The Morgan fingerprint density at radius 1 is 0.522 bits per heavy atom. The van der Waals surface area contributed by atoms with Gasteiger partial charge in [-0.1, -0.05) is 104 Å². The number of Topliss-reactive ketones (excluding diaryl/α,β-unsaturated/α-hetero) is 3. The maximum absolute atomic E-state index is 15.4. The number of rotatable bonds is 16. The van der Waals surface area contributed by atoms with E-state index in [1.807, 2.05) is 74.3 Å². The molecule has 0 aromatic rings. The summed E-state index contributed by atoms with van der Waals surface area (Å²) >= 11 is 0. The fourth-order valence-electron chi connectivity index (χ4n) is 12.5. The minimum atomic E-state index is -1.52. The smallest absolute Gasteiger partial charge is 0.305 e. The molecular formula is C67H121N10O13+. The summed E-state index contributed by atoms with van der Waals surface area (Å²) < 4.78 is 0. The molecule has 2 heterocycles. The minimum Gasteiger partial charge on any atom is -0.390 e. The van der Waals surface area contributed by atoms with Crippen molar-refractivity contribution in [2.24, 2.45) is 59.2 Å². The number of aliphatic hydroxyl groups is 1. The van der Waals surface area contributed by atoms with Crippen molar-refractivity contribution in [3.63, 3.8) is 0 Å². The molecule has 0 aromatic carbocycles. The Balaban J connectivity index is 3.00. The van der Waals surface area contributed by atoms with Gasteiger partial charge in [-0.3, -0.25) is 58.1 Å². The number of hydrogen-bond donors (Lipinski definition) is 2. The number of nitrogens with zero attached hydrogens (tertiary/aromatic N) is 9. The zero-order chi connectivity index (χ0) is 69.3. The normalized spacial score (nSPS) is 28.3. The zero-order valence-corrected chi connectivity index (χ0v) is 59.7. The highest BCUT2D eigenvalue weighted by Gasteiger charge is 2.47. The van der Waals surface area contributed by atoms with Crippen molar-refractivity contribution in [1.82, 2.24) is 44.8 Å². The maximum atomic E-state index is 15.4. The summed E-state index contributed by atoms with van der Waals surface area (Å²) in [6.07, 6.45) is -0.590. The molecule has 2 aliphatic heterocycles. The molecule has 516 valence electrons.